The highest BCUT2D eigenvalue weighted by Gasteiger charge is 2.23. The number of hydrogen-bond acceptors (Lipinski definition) is 3. The largest absolute Gasteiger partial charge is 0.461 e. The second-order valence-corrected chi connectivity index (χ2v) is 4.18. The molecule has 0 atom stereocenters. The smallest absolute Gasteiger partial charge is 0.357 e. The molecule has 0 amide bonds. The first kappa shape index (κ1) is 13.1. The normalized spacial score (nSPS) is 10.5. The molecule has 0 spiro atoms. The molecular formula is C14H16N2O3. The Morgan fingerprint density at radius 3 is 2.37 bits per heavy atom. The van der Waals surface area contributed by atoms with Crippen molar-refractivity contribution in [2.75, 3.05) is 6.61 Å². The Labute approximate surface area is 111 Å². The Balaban J connectivity index is 2.70. The highest BCUT2D eigenvalue weighted by atomic mass is 16.5. The standard InChI is InChI=1S/C14H16N2O3/c1-4-19-13(17)12-11(10-8-6-5-7-9-10)15(2)14(18)16(12)3/h5-9H,4H2,1-3H3. The molecule has 5 heteroatoms. The van der Waals surface area contributed by atoms with Gasteiger partial charge in [0.15, 0.2) is 5.69 Å². The van der Waals surface area contributed by atoms with Crippen LogP contribution >= 0.6 is 0 Å². The van der Waals surface area contributed by atoms with Crippen LogP contribution in [-0.4, -0.2) is 21.7 Å². The average Bonchev–Trinajstić information content (AvgIpc) is 2.64. The third-order valence-corrected chi connectivity index (χ3v) is 2.98. The molecule has 0 radical (unpaired) electrons. The molecule has 0 unspecified atom stereocenters. The van der Waals surface area contributed by atoms with Crippen molar-refractivity contribution in [1.82, 2.24) is 9.13 Å². The number of ether oxygens (including phenoxy) is 1. The molecule has 0 bridgehead atoms. The van der Waals surface area contributed by atoms with Crippen molar-refractivity contribution in [2.45, 2.75) is 6.92 Å². The number of imidazole rings is 1. The number of nitrogens with zero attached hydrogens (tertiary/aromatic N) is 2. The lowest BCUT2D eigenvalue weighted by molar-refractivity contribution is 0.0516. The first-order valence-corrected chi connectivity index (χ1v) is 6.06. The number of carbonyl (C=O) groups excluding carboxylic acids is 1. The maximum Gasteiger partial charge on any atom is 0.357 e. The zero-order valence-corrected chi connectivity index (χ0v) is 11.2. The molecule has 0 fully saturated rings. The van der Waals surface area contributed by atoms with E-state index in [1.54, 1.807) is 21.0 Å². The fourth-order valence-electron chi connectivity index (χ4n) is 2.09. The number of aromatic nitrogens is 2. The van der Waals surface area contributed by atoms with Gasteiger partial charge in [-0.1, -0.05) is 30.3 Å². The summed E-state index contributed by atoms with van der Waals surface area (Å²) >= 11 is 0. The lowest BCUT2D eigenvalue weighted by Gasteiger charge is -2.07. The van der Waals surface area contributed by atoms with Gasteiger partial charge in [0.25, 0.3) is 0 Å². The van der Waals surface area contributed by atoms with E-state index < -0.39 is 5.97 Å². The van der Waals surface area contributed by atoms with Gasteiger partial charge in [-0.05, 0) is 6.92 Å². The Bertz CT molecular complexity index is 653. The van der Waals surface area contributed by atoms with E-state index in [0.717, 1.165) is 5.56 Å². The van der Waals surface area contributed by atoms with E-state index in [-0.39, 0.29) is 18.0 Å². The maximum atomic E-state index is 12.0. The molecule has 0 aliphatic rings. The summed E-state index contributed by atoms with van der Waals surface area (Å²) in [6.07, 6.45) is 0. The van der Waals surface area contributed by atoms with Crippen molar-refractivity contribution in [3.63, 3.8) is 0 Å². The Hall–Kier alpha value is -2.30. The number of benzene rings is 1. The van der Waals surface area contributed by atoms with Gasteiger partial charge in [-0.15, -0.1) is 0 Å². The monoisotopic (exact) mass is 260 g/mol. The van der Waals surface area contributed by atoms with Gasteiger partial charge in [0, 0.05) is 19.7 Å². The van der Waals surface area contributed by atoms with Crippen LogP contribution in [0.3, 0.4) is 0 Å². The molecule has 19 heavy (non-hydrogen) atoms. The molecule has 0 saturated heterocycles. The van der Waals surface area contributed by atoms with Gasteiger partial charge in [-0.3, -0.25) is 9.13 Å². The topological polar surface area (TPSA) is 53.2 Å². The van der Waals surface area contributed by atoms with Crippen LogP contribution in [0.1, 0.15) is 17.4 Å². The lowest BCUT2D eigenvalue weighted by Crippen LogP contribution is -2.22. The summed E-state index contributed by atoms with van der Waals surface area (Å²) in [5, 5.41) is 0. The van der Waals surface area contributed by atoms with Crippen molar-refractivity contribution in [2.24, 2.45) is 14.1 Å². The van der Waals surface area contributed by atoms with E-state index in [4.69, 9.17) is 4.74 Å². The summed E-state index contributed by atoms with van der Waals surface area (Å²) in [6, 6.07) is 9.33. The summed E-state index contributed by atoms with van der Waals surface area (Å²) in [6.45, 7) is 2.01. The fourth-order valence-corrected chi connectivity index (χ4v) is 2.09. The SMILES string of the molecule is CCOC(=O)c1c(-c2ccccc2)n(C)c(=O)n1C. The van der Waals surface area contributed by atoms with Crippen LogP contribution in [0.4, 0.5) is 0 Å². The van der Waals surface area contributed by atoms with Gasteiger partial charge < -0.3 is 4.74 Å². The van der Waals surface area contributed by atoms with E-state index in [9.17, 15) is 9.59 Å². The predicted octanol–water partition coefficient (Wildman–Crippen LogP) is 1.57. The summed E-state index contributed by atoms with van der Waals surface area (Å²) in [7, 11) is 3.22. The molecule has 0 saturated carbocycles. The van der Waals surface area contributed by atoms with Gasteiger partial charge in [-0.2, -0.15) is 0 Å². The van der Waals surface area contributed by atoms with Crippen molar-refractivity contribution in [3.05, 3.63) is 46.5 Å². The first-order valence-electron chi connectivity index (χ1n) is 6.06. The molecule has 0 N–H and O–H groups in total. The molecule has 5 nitrogen and oxygen atoms in total. The first-order chi connectivity index (χ1) is 9.07. The van der Waals surface area contributed by atoms with Crippen LogP contribution in [0.25, 0.3) is 11.3 Å². The molecule has 2 aromatic rings. The molecule has 2 rings (SSSR count). The summed E-state index contributed by atoms with van der Waals surface area (Å²) < 4.78 is 7.81. The lowest BCUT2D eigenvalue weighted by atomic mass is 10.1. The van der Waals surface area contributed by atoms with Crippen LogP contribution < -0.4 is 5.69 Å². The minimum Gasteiger partial charge on any atom is -0.461 e. The molecule has 0 aliphatic carbocycles. The third kappa shape index (κ3) is 2.19. The molecule has 0 aliphatic heterocycles. The van der Waals surface area contributed by atoms with E-state index in [2.05, 4.69) is 0 Å². The zero-order chi connectivity index (χ0) is 14.0. The van der Waals surface area contributed by atoms with E-state index in [0.29, 0.717) is 5.69 Å². The molecule has 1 aromatic carbocycles. The molecular weight excluding hydrogens is 244 g/mol. The van der Waals surface area contributed by atoms with Crippen molar-refractivity contribution in [1.29, 1.82) is 0 Å². The Kier molecular flexibility index (Phi) is 3.55. The molecule has 1 aromatic heterocycles. The van der Waals surface area contributed by atoms with Gasteiger partial charge in [0.1, 0.15) is 0 Å². The van der Waals surface area contributed by atoms with Crippen LogP contribution in [0, 0.1) is 0 Å². The van der Waals surface area contributed by atoms with E-state index in [1.165, 1.54) is 9.13 Å². The number of hydrogen-bond donors (Lipinski definition) is 0. The van der Waals surface area contributed by atoms with Crippen molar-refractivity contribution >= 4 is 5.97 Å². The maximum absolute atomic E-state index is 12.0. The number of esters is 1. The van der Waals surface area contributed by atoms with Crippen LogP contribution in [0.15, 0.2) is 35.1 Å². The van der Waals surface area contributed by atoms with Crippen molar-refractivity contribution in [3.8, 4) is 11.3 Å². The van der Waals surface area contributed by atoms with Gasteiger partial charge in [0.2, 0.25) is 0 Å². The summed E-state index contributed by atoms with van der Waals surface area (Å²) in [5.74, 6) is -0.485. The van der Waals surface area contributed by atoms with Gasteiger partial charge in [0.05, 0.1) is 12.3 Å². The summed E-state index contributed by atoms with van der Waals surface area (Å²) in [4.78, 5) is 24.0. The second-order valence-electron chi connectivity index (χ2n) is 4.18. The predicted molar refractivity (Wildman–Crippen MR) is 72.0 cm³/mol. The number of rotatable bonds is 3. The zero-order valence-electron chi connectivity index (χ0n) is 11.2. The summed E-state index contributed by atoms with van der Waals surface area (Å²) in [5.41, 5.74) is 1.42. The average molecular weight is 260 g/mol. The van der Waals surface area contributed by atoms with Crippen LogP contribution in [-0.2, 0) is 18.8 Å². The second kappa shape index (κ2) is 5.14. The van der Waals surface area contributed by atoms with Crippen LogP contribution in [0.2, 0.25) is 0 Å². The van der Waals surface area contributed by atoms with Gasteiger partial charge >= 0.3 is 11.7 Å². The van der Waals surface area contributed by atoms with Gasteiger partial charge in [-0.25, -0.2) is 9.59 Å². The minimum absolute atomic E-state index is 0.248. The Morgan fingerprint density at radius 2 is 1.79 bits per heavy atom. The third-order valence-electron chi connectivity index (χ3n) is 2.98. The Morgan fingerprint density at radius 1 is 1.16 bits per heavy atom. The van der Waals surface area contributed by atoms with Crippen LogP contribution in [0.5, 0.6) is 0 Å². The fraction of sp³-hybridized carbons (Fsp3) is 0.286. The highest BCUT2D eigenvalue weighted by Crippen LogP contribution is 2.22. The minimum atomic E-state index is -0.485. The quantitative estimate of drug-likeness (QED) is 0.787. The van der Waals surface area contributed by atoms with E-state index in [1.807, 2.05) is 30.3 Å². The van der Waals surface area contributed by atoms with Crippen molar-refractivity contribution < 1.29 is 9.53 Å². The highest BCUT2D eigenvalue weighted by molar-refractivity contribution is 5.94. The molecule has 1 heterocycles. The number of carbonyl (C=O) groups is 1. The van der Waals surface area contributed by atoms with E-state index >= 15 is 0 Å². The molecule has 100 valence electrons.